The van der Waals surface area contributed by atoms with E-state index in [0.717, 1.165) is 32.1 Å². The molecule has 0 atom stereocenters. The van der Waals surface area contributed by atoms with Crippen molar-refractivity contribution in [3.63, 3.8) is 0 Å². The Labute approximate surface area is 124 Å². The molecule has 0 saturated heterocycles. The minimum absolute atomic E-state index is 0.329. The molecule has 0 aromatic rings. The SMILES string of the molecule is CC1=C(C)CCCC(=O)CCCC(=O)CCCCCC1. The standard InChI is InChI=1S/C18H30O2/c1-15-9-5-3-4-6-11-17(19)13-8-14-18(20)12-7-10-16(15)2/h3-14H2,1-2H3. The number of allylic oxidation sites excluding steroid dienone is 2. The van der Waals surface area contributed by atoms with Crippen molar-refractivity contribution in [2.75, 3.05) is 0 Å². The monoisotopic (exact) mass is 278 g/mol. The Hall–Kier alpha value is -0.920. The molecule has 0 N–H and O–H groups in total. The smallest absolute Gasteiger partial charge is 0.132 e. The molecule has 0 aromatic heterocycles. The van der Waals surface area contributed by atoms with Crippen molar-refractivity contribution >= 4 is 11.6 Å². The summed E-state index contributed by atoms with van der Waals surface area (Å²) in [7, 11) is 0. The molecule has 0 aromatic carbocycles. The van der Waals surface area contributed by atoms with E-state index in [9.17, 15) is 9.59 Å². The highest BCUT2D eigenvalue weighted by Gasteiger charge is 2.07. The predicted octanol–water partition coefficient (Wildman–Crippen LogP) is 5.16. The van der Waals surface area contributed by atoms with Crippen molar-refractivity contribution in [1.82, 2.24) is 0 Å². The fraction of sp³-hybridized carbons (Fsp3) is 0.778. The van der Waals surface area contributed by atoms with Gasteiger partial charge in [0.25, 0.3) is 0 Å². The van der Waals surface area contributed by atoms with E-state index in [4.69, 9.17) is 0 Å². The maximum absolute atomic E-state index is 11.7. The van der Waals surface area contributed by atoms with Gasteiger partial charge in [-0.15, -0.1) is 0 Å². The molecule has 0 heterocycles. The van der Waals surface area contributed by atoms with Crippen LogP contribution in [0.1, 0.15) is 90.9 Å². The highest BCUT2D eigenvalue weighted by molar-refractivity contribution is 5.81. The van der Waals surface area contributed by atoms with E-state index in [1.807, 2.05) is 0 Å². The van der Waals surface area contributed by atoms with Crippen molar-refractivity contribution < 1.29 is 9.59 Å². The average molecular weight is 278 g/mol. The van der Waals surface area contributed by atoms with Crippen LogP contribution in [0.15, 0.2) is 11.1 Å². The molecule has 0 radical (unpaired) electrons. The van der Waals surface area contributed by atoms with E-state index in [1.165, 1.54) is 30.4 Å². The number of carbonyl (C=O) groups is 2. The first-order valence-electron chi connectivity index (χ1n) is 8.28. The second-order valence-electron chi connectivity index (χ2n) is 6.26. The predicted molar refractivity (Wildman–Crippen MR) is 83.8 cm³/mol. The van der Waals surface area contributed by atoms with Gasteiger partial charge in [0.2, 0.25) is 0 Å². The third-order valence-electron chi connectivity index (χ3n) is 4.40. The lowest BCUT2D eigenvalue weighted by Gasteiger charge is -2.09. The van der Waals surface area contributed by atoms with Crippen LogP contribution in [0, 0.1) is 0 Å². The third kappa shape index (κ3) is 7.62. The van der Waals surface area contributed by atoms with Gasteiger partial charge in [-0.3, -0.25) is 9.59 Å². The van der Waals surface area contributed by atoms with Crippen LogP contribution in [0.2, 0.25) is 0 Å². The van der Waals surface area contributed by atoms with Gasteiger partial charge in [0.1, 0.15) is 11.6 Å². The molecule has 1 aliphatic rings. The van der Waals surface area contributed by atoms with E-state index < -0.39 is 0 Å². The fourth-order valence-corrected chi connectivity index (χ4v) is 2.78. The molecular formula is C18H30O2. The number of Topliss-reactive ketones (excluding diaryl/α,β-unsaturated/α-hetero) is 2. The Balaban J connectivity index is 2.48. The van der Waals surface area contributed by atoms with E-state index >= 15 is 0 Å². The van der Waals surface area contributed by atoms with Crippen molar-refractivity contribution in [3.05, 3.63) is 11.1 Å². The van der Waals surface area contributed by atoms with Crippen molar-refractivity contribution in [2.24, 2.45) is 0 Å². The van der Waals surface area contributed by atoms with Crippen LogP contribution in [0.5, 0.6) is 0 Å². The zero-order valence-corrected chi connectivity index (χ0v) is 13.3. The highest BCUT2D eigenvalue weighted by Crippen LogP contribution is 2.19. The van der Waals surface area contributed by atoms with Crippen LogP contribution in [0.4, 0.5) is 0 Å². The van der Waals surface area contributed by atoms with E-state index in [1.54, 1.807) is 0 Å². The minimum Gasteiger partial charge on any atom is -0.300 e. The van der Waals surface area contributed by atoms with E-state index in [-0.39, 0.29) is 0 Å². The van der Waals surface area contributed by atoms with Gasteiger partial charge in [-0.05, 0) is 52.4 Å². The normalized spacial score (nSPS) is 22.1. The maximum Gasteiger partial charge on any atom is 0.132 e. The largest absolute Gasteiger partial charge is 0.300 e. The molecule has 1 aliphatic carbocycles. The Morgan fingerprint density at radius 1 is 0.500 bits per heavy atom. The van der Waals surface area contributed by atoms with Gasteiger partial charge in [0.15, 0.2) is 0 Å². The summed E-state index contributed by atoms with van der Waals surface area (Å²) in [5.41, 5.74) is 2.97. The zero-order valence-electron chi connectivity index (χ0n) is 13.3. The van der Waals surface area contributed by atoms with Gasteiger partial charge in [-0.25, -0.2) is 0 Å². The van der Waals surface area contributed by atoms with Crippen LogP contribution >= 0.6 is 0 Å². The first kappa shape index (κ1) is 17.1. The summed E-state index contributed by atoms with van der Waals surface area (Å²) in [5, 5.41) is 0. The Bertz CT molecular complexity index is 352. The molecule has 2 heteroatoms. The van der Waals surface area contributed by atoms with Gasteiger partial charge >= 0.3 is 0 Å². The van der Waals surface area contributed by atoms with Gasteiger partial charge in [0.05, 0.1) is 0 Å². The van der Waals surface area contributed by atoms with Gasteiger partial charge in [-0.1, -0.05) is 24.0 Å². The van der Waals surface area contributed by atoms with Crippen molar-refractivity contribution in [3.8, 4) is 0 Å². The lowest BCUT2D eigenvalue weighted by Crippen LogP contribution is -2.03. The lowest BCUT2D eigenvalue weighted by atomic mass is 9.97. The number of carbonyl (C=O) groups excluding carboxylic acids is 2. The first-order chi connectivity index (χ1) is 9.59. The molecule has 1 rings (SSSR count). The molecule has 2 nitrogen and oxygen atoms in total. The van der Waals surface area contributed by atoms with Crippen LogP contribution < -0.4 is 0 Å². The van der Waals surface area contributed by atoms with Crippen LogP contribution in [-0.4, -0.2) is 11.6 Å². The molecule has 0 aliphatic heterocycles. The molecule has 0 spiro atoms. The summed E-state index contributed by atoms with van der Waals surface area (Å²) in [4.78, 5) is 23.4. The third-order valence-corrected chi connectivity index (χ3v) is 4.40. The molecule has 20 heavy (non-hydrogen) atoms. The minimum atomic E-state index is 0.329. The van der Waals surface area contributed by atoms with Gasteiger partial charge in [0, 0.05) is 25.7 Å². The number of ketones is 2. The topological polar surface area (TPSA) is 34.1 Å². The summed E-state index contributed by atoms with van der Waals surface area (Å²) in [6.45, 7) is 4.44. The van der Waals surface area contributed by atoms with E-state index in [2.05, 4.69) is 13.8 Å². The van der Waals surface area contributed by atoms with Crippen LogP contribution in [0.25, 0.3) is 0 Å². The molecule has 0 bridgehead atoms. The summed E-state index contributed by atoms with van der Waals surface area (Å²) >= 11 is 0. The Morgan fingerprint density at radius 2 is 0.850 bits per heavy atom. The second-order valence-corrected chi connectivity index (χ2v) is 6.26. The fourth-order valence-electron chi connectivity index (χ4n) is 2.78. The molecule has 0 unspecified atom stereocenters. The number of hydrogen-bond acceptors (Lipinski definition) is 2. The quantitative estimate of drug-likeness (QED) is 0.574. The second kappa shape index (κ2) is 9.90. The van der Waals surface area contributed by atoms with Gasteiger partial charge < -0.3 is 0 Å². The average Bonchev–Trinajstić information content (AvgIpc) is 2.41. The summed E-state index contributed by atoms with van der Waals surface area (Å²) in [6, 6.07) is 0. The molecule has 0 saturated carbocycles. The summed E-state index contributed by atoms with van der Waals surface area (Å²) < 4.78 is 0. The van der Waals surface area contributed by atoms with E-state index in [0.29, 0.717) is 37.2 Å². The highest BCUT2D eigenvalue weighted by atomic mass is 16.1. The lowest BCUT2D eigenvalue weighted by molar-refractivity contribution is -0.120. The van der Waals surface area contributed by atoms with Crippen molar-refractivity contribution in [2.45, 2.75) is 90.9 Å². The van der Waals surface area contributed by atoms with Crippen LogP contribution in [0.3, 0.4) is 0 Å². The molecule has 0 fully saturated rings. The summed E-state index contributed by atoms with van der Waals surface area (Å²) in [6.07, 6.45) is 11.2. The Kier molecular flexibility index (Phi) is 8.48. The van der Waals surface area contributed by atoms with Crippen LogP contribution in [-0.2, 0) is 9.59 Å². The molecule has 0 amide bonds. The Morgan fingerprint density at radius 3 is 1.40 bits per heavy atom. The summed E-state index contributed by atoms with van der Waals surface area (Å²) in [5.74, 6) is 0.673. The molecular weight excluding hydrogens is 248 g/mol. The maximum atomic E-state index is 11.7. The zero-order chi connectivity index (χ0) is 14.8. The number of rotatable bonds is 0. The molecule has 114 valence electrons. The van der Waals surface area contributed by atoms with Gasteiger partial charge in [-0.2, -0.15) is 0 Å². The first-order valence-corrected chi connectivity index (χ1v) is 8.28. The van der Waals surface area contributed by atoms with Crippen molar-refractivity contribution in [1.29, 1.82) is 0 Å². The number of hydrogen-bond donors (Lipinski definition) is 0.